The molecule has 1 N–H and O–H groups in total. The third-order valence-electron chi connectivity index (χ3n) is 6.30. The number of ether oxygens (including phenoxy) is 6. The van der Waals surface area contributed by atoms with E-state index in [1.165, 1.54) is 0 Å². The average molecular weight is 400 g/mol. The summed E-state index contributed by atoms with van der Waals surface area (Å²) in [6.07, 6.45) is 0.541. The van der Waals surface area contributed by atoms with Gasteiger partial charge in [0.15, 0.2) is 23.0 Å². The van der Waals surface area contributed by atoms with E-state index in [9.17, 15) is 5.11 Å². The number of aromatic hydroxyl groups is 1. The molecule has 0 saturated carbocycles. The quantitative estimate of drug-likeness (QED) is 0.815. The van der Waals surface area contributed by atoms with Crippen LogP contribution in [0.1, 0.15) is 31.1 Å². The number of fused-ring (bicyclic) bond motifs is 5. The van der Waals surface area contributed by atoms with Crippen LogP contribution in [0.15, 0.2) is 12.1 Å². The Bertz CT molecular complexity index is 984. The first kappa shape index (κ1) is 18.2. The molecule has 0 fully saturated rings. The van der Waals surface area contributed by atoms with Crippen molar-refractivity contribution in [2.24, 2.45) is 11.8 Å². The van der Waals surface area contributed by atoms with Gasteiger partial charge in [-0.1, -0.05) is 13.8 Å². The maximum Gasteiger partial charge on any atom is 0.231 e. The Kier molecular flexibility index (Phi) is 4.17. The van der Waals surface area contributed by atoms with Gasteiger partial charge in [-0.05, 0) is 41.5 Å². The van der Waals surface area contributed by atoms with Crippen molar-refractivity contribution in [1.82, 2.24) is 0 Å². The van der Waals surface area contributed by atoms with Crippen molar-refractivity contribution in [3.63, 3.8) is 0 Å². The molecule has 2 aliphatic heterocycles. The fraction of sp³-hybridized carbons (Fsp3) is 0.455. The number of hydrogen-bond donors (Lipinski definition) is 1. The highest BCUT2D eigenvalue weighted by Gasteiger charge is 2.38. The summed E-state index contributed by atoms with van der Waals surface area (Å²) in [6, 6.07) is 3.90. The lowest BCUT2D eigenvalue weighted by Crippen LogP contribution is -2.23. The van der Waals surface area contributed by atoms with E-state index in [-0.39, 0.29) is 31.4 Å². The Morgan fingerprint density at radius 3 is 2.31 bits per heavy atom. The van der Waals surface area contributed by atoms with E-state index in [0.29, 0.717) is 40.2 Å². The number of benzene rings is 2. The van der Waals surface area contributed by atoms with Gasteiger partial charge < -0.3 is 33.5 Å². The Hall–Kier alpha value is -2.80. The van der Waals surface area contributed by atoms with Crippen LogP contribution in [0.5, 0.6) is 34.5 Å². The van der Waals surface area contributed by atoms with Gasteiger partial charge in [-0.2, -0.15) is 0 Å². The molecule has 1 aliphatic carbocycles. The van der Waals surface area contributed by atoms with Gasteiger partial charge in [0, 0.05) is 18.2 Å². The van der Waals surface area contributed by atoms with Crippen LogP contribution in [0.3, 0.4) is 0 Å². The molecule has 0 bridgehead atoms. The van der Waals surface area contributed by atoms with Gasteiger partial charge in [0.05, 0.1) is 13.2 Å². The van der Waals surface area contributed by atoms with Crippen LogP contribution in [-0.4, -0.2) is 32.9 Å². The van der Waals surface area contributed by atoms with E-state index in [1.54, 1.807) is 14.2 Å². The SMILES string of the molecule is COc1c2c(cc3c1-c1c(cc4c(c1O)OCO4)C[C@H](C)[C@H](C)[C@H]3OC)OCO2. The lowest BCUT2D eigenvalue weighted by atomic mass is 9.76. The molecule has 29 heavy (non-hydrogen) atoms. The van der Waals surface area contributed by atoms with Gasteiger partial charge in [-0.15, -0.1) is 0 Å². The van der Waals surface area contributed by atoms with Gasteiger partial charge in [-0.25, -0.2) is 0 Å². The van der Waals surface area contributed by atoms with E-state index < -0.39 is 0 Å². The number of rotatable bonds is 2. The third kappa shape index (κ3) is 2.53. The van der Waals surface area contributed by atoms with Crippen molar-refractivity contribution in [1.29, 1.82) is 0 Å². The van der Waals surface area contributed by atoms with Crippen LogP contribution in [0.4, 0.5) is 0 Å². The standard InChI is InChI=1S/C22H24O7/c1-10-5-12-6-14-20(28-8-26-14)18(23)16(12)17-13(19(24-3)11(10)2)7-15-21(22(17)25-4)29-9-27-15/h6-7,10-11,19,23H,5,8-9H2,1-4H3/t10-,11-,19+/m0/s1. The zero-order chi connectivity index (χ0) is 20.3. The van der Waals surface area contributed by atoms with Gasteiger partial charge in [0.25, 0.3) is 0 Å². The van der Waals surface area contributed by atoms with Crippen LogP contribution in [-0.2, 0) is 11.2 Å². The van der Waals surface area contributed by atoms with Gasteiger partial charge in [-0.3, -0.25) is 0 Å². The first-order chi connectivity index (χ1) is 14.0. The summed E-state index contributed by atoms with van der Waals surface area (Å²) in [6.45, 7) is 4.58. The Morgan fingerprint density at radius 1 is 0.931 bits per heavy atom. The van der Waals surface area contributed by atoms with E-state index in [0.717, 1.165) is 23.1 Å². The van der Waals surface area contributed by atoms with E-state index in [4.69, 9.17) is 28.4 Å². The zero-order valence-electron chi connectivity index (χ0n) is 16.9. The van der Waals surface area contributed by atoms with Gasteiger partial charge in [0.1, 0.15) is 0 Å². The molecule has 5 rings (SSSR count). The van der Waals surface area contributed by atoms with E-state index in [1.807, 2.05) is 12.1 Å². The van der Waals surface area contributed by atoms with Crippen LogP contribution >= 0.6 is 0 Å². The molecular weight excluding hydrogens is 376 g/mol. The second kappa shape index (κ2) is 6.62. The smallest absolute Gasteiger partial charge is 0.231 e. The molecule has 2 heterocycles. The van der Waals surface area contributed by atoms with Crippen molar-refractivity contribution in [3.8, 4) is 45.6 Å². The van der Waals surface area contributed by atoms with Gasteiger partial charge >= 0.3 is 0 Å². The average Bonchev–Trinajstić information content (AvgIpc) is 3.36. The summed E-state index contributed by atoms with van der Waals surface area (Å²) in [5, 5.41) is 11.2. The van der Waals surface area contributed by atoms with Gasteiger partial charge in [0.2, 0.25) is 25.1 Å². The monoisotopic (exact) mass is 400 g/mol. The van der Waals surface area contributed by atoms with Crippen LogP contribution in [0.2, 0.25) is 0 Å². The number of phenols is 1. The summed E-state index contributed by atoms with van der Waals surface area (Å²) in [4.78, 5) is 0. The van der Waals surface area contributed by atoms with Crippen molar-refractivity contribution in [2.75, 3.05) is 27.8 Å². The first-order valence-electron chi connectivity index (χ1n) is 9.73. The highest BCUT2D eigenvalue weighted by atomic mass is 16.7. The fourth-order valence-corrected chi connectivity index (χ4v) is 4.68. The highest BCUT2D eigenvalue weighted by molar-refractivity contribution is 5.88. The Morgan fingerprint density at radius 2 is 1.62 bits per heavy atom. The molecule has 0 amide bonds. The second-order valence-electron chi connectivity index (χ2n) is 7.80. The number of phenolic OH excluding ortho intramolecular Hbond substituents is 1. The first-order valence-corrected chi connectivity index (χ1v) is 9.73. The number of hydrogen-bond acceptors (Lipinski definition) is 7. The normalized spacial score (nSPS) is 23.8. The zero-order valence-corrected chi connectivity index (χ0v) is 16.9. The predicted molar refractivity (Wildman–Crippen MR) is 104 cm³/mol. The molecule has 3 aliphatic rings. The molecule has 0 aromatic heterocycles. The maximum absolute atomic E-state index is 11.2. The molecular formula is C22H24O7. The molecule has 0 spiro atoms. The third-order valence-corrected chi connectivity index (χ3v) is 6.30. The second-order valence-corrected chi connectivity index (χ2v) is 7.80. The van der Waals surface area contributed by atoms with Crippen LogP contribution in [0.25, 0.3) is 11.1 Å². The molecule has 0 radical (unpaired) electrons. The molecule has 2 aromatic rings. The minimum atomic E-state index is -0.207. The number of methoxy groups -OCH3 is 2. The molecule has 3 atom stereocenters. The molecule has 0 saturated heterocycles. The van der Waals surface area contributed by atoms with Crippen molar-refractivity contribution >= 4 is 0 Å². The molecule has 2 aromatic carbocycles. The summed E-state index contributed by atoms with van der Waals surface area (Å²) in [5.74, 6) is 3.14. The van der Waals surface area contributed by atoms with Crippen molar-refractivity contribution in [3.05, 3.63) is 23.3 Å². The predicted octanol–water partition coefficient (Wildman–Crippen LogP) is 4.04. The Labute approximate surface area is 169 Å². The van der Waals surface area contributed by atoms with E-state index >= 15 is 0 Å². The summed E-state index contributed by atoms with van der Waals surface area (Å²) in [7, 11) is 3.30. The summed E-state index contributed by atoms with van der Waals surface area (Å²) < 4.78 is 34.2. The molecule has 0 unspecified atom stereocenters. The maximum atomic E-state index is 11.2. The summed E-state index contributed by atoms with van der Waals surface area (Å²) >= 11 is 0. The fourth-order valence-electron chi connectivity index (χ4n) is 4.68. The van der Waals surface area contributed by atoms with E-state index in [2.05, 4.69) is 13.8 Å². The summed E-state index contributed by atoms with van der Waals surface area (Å²) in [5.41, 5.74) is 3.27. The lowest BCUT2D eigenvalue weighted by molar-refractivity contribution is 0.0362. The van der Waals surface area contributed by atoms with Crippen LogP contribution in [0, 0.1) is 11.8 Å². The molecule has 7 nitrogen and oxygen atoms in total. The lowest BCUT2D eigenvalue weighted by Gasteiger charge is -2.34. The van der Waals surface area contributed by atoms with Crippen LogP contribution < -0.4 is 23.7 Å². The Balaban J connectivity index is 1.89. The largest absolute Gasteiger partial charge is 0.504 e. The minimum Gasteiger partial charge on any atom is -0.504 e. The minimum absolute atomic E-state index is 0.0463. The highest BCUT2D eigenvalue weighted by Crippen LogP contribution is 2.58. The molecule has 7 heteroatoms. The topological polar surface area (TPSA) is 75.6 Å². The molecule has 154 valence electrons. The van der Waals surface area contributed by atoms with Crippen molar-refractivity contribution < 1.29 is 33.5 Å². The van der Waals surface area contributed by atoms with Crippen molar-refractivity contribution in [2.45, 2.75) is 26.4 Å².